The summed E-state index contributed by atoms with van der Waals surface area (Å²) in [4.78, 5) is 13.4. The summed E-state index contributed by atoms with van der Waals surface area (Å²) in [5.41, 5.74) is 8.53. The fourth-order valence-corrected chi connectivity index (χ4v) is 3.33. The number of nitrogens with zero attached hydrogens (tertiary/aromatic N) is 5. The second-order valence-corrected chi connectivity index (χ2v) is 6.48. The van der Waals surface area contributed by atoms with E-state index < -0.39 is 0 Å². The number of nitrogens with one attached hydrogen (secondary N) is 2. The van der Waals surface area contributed by atoms with Gasteiger partial charge in [-0.1, -0.05) is 18.2 Å². The zero-order valence-electron chi connectivity index (χ0n) is 14.9. The molecule has 4 N–H and O–H groups in total. The second-order valence-electron chi connectivity index (χ2n) is 6.48. The minimum absolute atomic E-state index is 0.250. The molecule has 4 heterocycles. The highest BCUT2D eigenvalue weighted by atomic mass is 19.1. The highest BCUT2D eigenvalue weighted by Crippen LogP contribution is 2.32. The molecule has 8 nitrogen and oxygen atoms in total. The molecule has 1 aliphatic rings. The summed E-state index contributed by atoms with van der Waals surface area (Å²) in [6.07, 6.45) is 1.68. The van der Waals surface area contributed by atoms with Crippen molar-refractivity contribution in [2.45, 2.75) is 6.54 Å². The smallest absolute Gasteiger partial charge is 0.184 e. The first-order valence-electron chi connectivity index (χ1n) is 8.91. The molecule has 0 radical (unpaired) electrons. The van der Waals surface area contributed by atoms with Crippen molar-refractivity contribution in [1.29, 1.82) is 0 Å². The Morgan fingerprint density at radius 1 is 1.07 bits per heavy atom. The standard InChI is InChI=1S/C19H17FN8/c20-13-6-2-1-4-11(13)10-28-19-12(5-3-7-24-19)14(27-28)18-25-16(21)15-17(26-18)23-9-8-22-15/h1-7,22H,8-10H2,(H3,21,23,25,26). The van der Waals surface area contributed by atoms with Crippen molar-refractivity contribution in [2.75, 3.05) is 29.5 Å². The normalized spacial score (nSPS) is 13.0. The third-order valence-corrected chi connectivity index (χ3v) is 4.65. The van der Waals surface area contributed by atoms with E-state index in [4.69, 9.17) is 5.73 Å². The van der Waals surface area contributed by atoms with Gasteiger partial charge in [0, 0.05) is 24.8 Å². The molecule has 1 aliphatic heterocycles. The van der Waals surface area contributed by atoms with Gasteiger partial charge in [0.15, 0.2) is 23.1 Å². The molecule has 0 saturated heterocycles. The van der Waals surface area contributed by atoms with E-state index in [0.29, 0.717) is 40.1 Å². The number of nitrogens with two attached hydrogens (primary N) is 1. The largest absolute Gasteiger partial charge is 0.382 e. The second kappa shape index (κ2) is 6.45. The van der Waals surface area contributed by atoms with Crippen LogP contribution < -0.4 is 16.4 Å². The fourth-order valence-electron chi connectivity index (χ4n) is 3.33. The fraction of sp³-hybridized carbons (Fsp3) is 0.158. The number of halogens is 1. The number of aromatic nitrogens is 5. The summed E-state index contributed by atoms with van der Waals surface area (Å²) in [7, 11) is 0. The third kappa shape index (κ3) is 2.68. The Bertz CT molecular complexity index is 1190. The zero-order chi connectivity index (χ0) is 19.1. The van der Waals surface area contributed by atoms with Crippen LogP contribution in [0.25, 0.3) is 22.6 Å². The van der Waals surface area contributed by atoms with Crippen LogP contribution in [0.2, 0.25) is 0 Å². The number of nitrogen functional groups attached to an aromatic ring is 1. The van der Waals surface area contributed by atoms with Crippen molar-refractivity contribution in [3.05, 3.63) is 54.0 Å². The van der Waals surface area contributed by atoms with Crippen LogP contribution in [0.4, 0.5) is 21.7 Å². The number of hydrogen-bond donors (Lipinski definition) is 3. The monoisotopic (exact) mass is 376 g/mol. The van der Waals surface area contributed by atoms with Gasteiger partial charge in [-0.05, 0) is 18.2 Å². The van der Waals surface area contributed by atoms with E-state index in [1.807, 2.05) is 12.1 Å². The molecule has 28 heavy (non-hydrogen) atoms. The van der Waals surface area contributed by atoms with Gasteiger partial charge in [-0.3, -0.25) is 0 Å². The Morgan fingerprint density at radius 3 is 2.82 bits per heavy atom. The molecule has 9 heteroatoms. The van der Waals surface area contributed by atoms with Gasteiger partial charge in [0.05, 0.1) is 11.9 Å². The van der Waals surface area contributed by atoms with Crippen LogP contribution in [-0.4, -0.2) is 37.8 Å². The molecule has 0 bridgehead atoms. The molecule has 0 aliphatic carbocycles. The number of rotatable bonds is 3. The first-order valence-corrected chi connectivity index (χ1v) is 8.91. The molecule has 1 aromatic carbocycles. The minimum atomic E-state index is -0.284. The van der Waals surface area contributed by atoms with Crippen LogP contribution in [0.5, 0.6) is 0 Å². The summed E-state index contributed by atoms with van der Waals surface area (Å²) >= 11 is 0. The van der Waals surface area contributed by atoms with Crippen molar-refractivity contribution in [1.82, 2.24) is 24.7 Å². The molecule has 3 aromatic heterocycles. The van der Waals surface area contributed by atoms with Crippen LogP contribution in [0.15, 0.2) is 42.6 Å². The van der Waals surface area contributed by atoms with Crippen LogP contribution in [0.1, 0.15) is 5.56 Å². The number of fused-ring (bicyclic) bond motifs is 2. The van der Waals surface area contributed by atoms with Crippen LogP contribution in [0.3, 0.4) is 0 Å². The van der Waals surface area contributed by atoms with E-state index >= 15 is 0 Å². The lowest BCUT2D eigenvalue weighted by atomic mass is 10.2. The van der Waals surface area contributed by atoms with E-state index in [9.17, 15) is 4.39 Å². The third-order valence-electron chi connectivity index (χ3n) is 4.65. The Labute approximate surface area is 159 Å². The predicted molar refractivity (Wildman–Crippen MR) is 105 cm³/mol. The lowest BCUT2D eigenvalue weighted by Crippen LogP contribution is -2.23. The lowest BCUT2D eigenvalue weighted by molar-refractivity contribution is 0.589. The molecule has 5 rings (SSSR count). The SMILES string of the molecule is Nc1nc(-c2nn(Cc3ccccc3F)c3ncccc23)nc2c1NCCN2. The van der Waals surface area contributed by atoms with E-state index in [1.165, 1.54) is 6.07 Å². The molecule has 0 unspecified atom stereocenters. The first-order chi connectivity index (χ1) is 13.7. The van der Waals surface area contributed by atoms with Crippen molar-refractivity contribution in [2.24, 2.45) is 0 Å². The average Bonchev–Trinajstić information content (AvgIpc) is 3.08. The van der Waals surface area contributed by atoms with Crippen molar-refractivity contribution in [3.63, 3.8) is 0 Å². The van der Waals surface area contributed by atoms with Crippen molar-refractivity contribution in [3.8, 4) is 11.5 Å². The summed E-state index contributed by atoms with van der Waals surface area (Å²) < 4.78 is 15.8. The van der Waals surface area contributed by atoms with Gasteiger partial charge in [-0.25, -0.2) is 24.0 Å². The Hall–Kier alpha value is -3.75. The number of pyridine rings is 1. The summed E-state index contributed by atoms with van der Waals surface area (Å²) in [5, 5.41) is 11.8. The maximum atomic E-state index is 14.1. The number of benzene rings is 1. The molecule has 4 aromatic rings. The zero-order valence-corrected chi connectivity index (χ0v) is 14.9. The molecule has 0 amide bonds. The van der Waals surface area contributed by atoms with Gasteiger partial charge in [0.2, 0.25) is 0 Å². The number of anilines is 3. The minimum Gasteiger partial charge on any atom is -0.382 e. The highest BCUT2D eigenvalue weighted by Gasteiger charge is 2.21. The molecular formula is C19H17FN8. The van der Waals surface area contributed by atoms with Crippen LogP contribution >= 0.6 is 0 Å². The van der Waals surface area contributed by atoms with Gasteiger partial charge >= 0.3 is 0 Å². The van der Waals surface area contributed by atoms with Crippen molar-refractivity contribution >= 4 is 28.4 Å². The van der Waals surface area contributed by atoms with Gasteiger partial charge in [-0.15, -0.1) is 0 Å². The van der Waals surface area contributed by atoms with Crippen molar-refractivity contribution < 1.29 is 4.39 Å². The summed E-state index contributed by atoms with van der Waals surface area (Å²) in [6.45, 7) is 1.75. The Morgan fingerprint density at radius 2 is 1.93 bits per heavy atom. The quantitative estimate of drug-likeness (QED) is 0.504. The van der Waals surface area contributed by atoms with E-state index in [1.54, 1.807) is 29.1 Å². The van der Waals surface area contributed by atoms with Crippen LogP contribution in [-0.2, 0) is 6.54 Å². The topological polar surface area (TPSA) is 107 Å². The van der Waals surface area contributed by atoms with Gasteiger partial charge in [0.1, 0.15) is 17.2 Å². The molecule has 0 atom stereocenters. The molecule has 0 spiro atoms. The lowest BCUT2D eigenvalue weighted by Gasteiger charge is -2.20. The van der Waals surface area contributed by atoms with Gasteiger partial charge < -0.3 is 16.4 Å². The maximum absolute atomic E-state index is 14.1. The van der Waals surface area contributed by atoms with Gasteiger partial charge in [0.25, 0.3) is 0 Å². The Balaban J connectivity index is 1.65. The first kappa shape index (κ1) is 16.4. The molecule has 140 valence electrons. The Kier molecular flexibility index (Phi) is 3.78. The molecular weight excluding hydrogens is 359 g/mol. The summed E-state index contributed by atoms with van der Waals surface area (Å²) in [5.74, 6) is 1.12. The number of hydrogen-bond acceptors (Lipinski definition) is 7. The van der Waals surface area contributed by atoms with E-state index in [0.717, 1.165) is 18.5 Å². The van der Waals surface area contributed by atoms with Crippen LogP contribution in [0, 0.1) is 5.82 Å². The molecule has 0 saturated carbocycles. The predicted octanol–water partition coefficient (Wildman–Crippen LogP) is 2.50. The highest BCUT2D eigenvalue weighted by molar-refractivity contribution is 5.90. The van der Waals surface area contributed by atoms with E-state index in [-0.39, 0.29) is 12.4 Å². The van der Waals surface area contributed by atoms with E-state index in [2.05, 4.69) is 30.7 Å². The molecule has 0 fully saturated rings. The average molecular weight is 376 g/mol. The summed E-state index contributed by atoms with van der Waals surface area (Å²) in [6, 6.07) is 10.3. The van der Waals surface area contributed by atoms with Gasteiger partial charge in [-0.2, -0.15) is 5.10 Å². The maximum Gasteiger partial charge on any atom is 0.184 e.